The van der Waals surface area contributed by atoms with Gasteiger partial charge in [0.1, 0.15) is 22.3 Å². The Balaban J connectivity index is 1.56. The van der Waals surface area contributed by atoms with Crippen molar-refractivity contribution < 1.29 is 21.6 Å². The van der Waals surface area contributed by atoms with Crippen molar-refractivity contribution in [1.29, 1.82) is 0 Å². The maximum absolute atomic E-state index is 15.0. The molecule has 0 aliphatic carbocycles. The standard InChI is InChI=1S/C23H20F2N4O4S/c1-13(16-4-2-3-5-17(16)14-10-26-11-14)29-19-8-18(25)21(9-20(19)33-23(29)30)34(31,32)28-22-7-6-15(24)12-27-22/h2-9,12-14,26H,10-11H2,1H3,(H,27,28)/t13-/m1/s1. The fourth-order valence-corrected chi connectivity index (χ4v) is 5.23. The molecule has 8 nitrogen and oxygen atoms in total. The number of anilines is 1. The van der Waals surface area contributed by atoms with Crippen molar-refractivity contribution in [3.8, 4) is 0 Å². The van der Waals surface area contributed by atoms with Gasteiger partial charge in [0.15, 0.2) is 5.58 Å². The van der Waals surface area contributed by atoms with Crippen LogP contribution in [0.2, 0.25) is 0 Å². The first-order chi connectivity index (χ1) is 16.2. The normalized spacial score (nSPS) is 15.3. The second kappa shape index (κ2) is 8.33. The lowest BCUT2D eigenvalue weighted by Crippen LogP contribution is -2.40. The molecule has 5 rings (SSSR count). The molecule has 2 N–H and O–H groups in total. The summed E-state index contributed by atoms with van der Waals surface area (Å²) >= 11 is 0. The van der Waals surface area contributed by atoms with Gasteiger partial charge in [-0.25, -0.2) is 27.0 Å². The van der Waals surface area contributed by atoms with Crippen molar-refractivity contribution in [3.63, 3.8) is 0 Å². The van der Waals surface area contributed by atoms with Crippen LogP contribution >= 0.6 is 0 Å². The molecular formula is C23H20F2N4O4S. The van der Waals surface area contributed by atoms with E-state index in [1.165, 1.54) is 4.57 Å². The number of fused-ring (bicyclic) bond motifs is 1. The van der Waals surface area contributed by atoms with Crippen molar-refractivity contribution in [3.05, 3.63) is 88.0 Å². The Morgan fingerprint density at radius 3 is 2.62 bits per heavy atom. The summed E-state index contributed by atoms with van der Waals surface area (Å²) in [5.41, 5.74) is 2.05. The Morgan fingerprint density at radius 2 is 1.94 bits per heavy atom. The van der Waals surface area contributed by atoms with E-state index in [0.717, 1.165) is 54.7 Å². The second-order valence-electron chi connectivity index (χ2n) is 8.12. The molecule has 34 heavy (non-hydrogen) atoms. The summed E-state index contributed by atoms with van der Waals surface area (Å²) in [5.74, 6) is -2.32. The van der Waals surface area contributed by atoms with Gasteiger partial charge in [0.05, 0.1) is 17.8 Å². The molecule has 0 amide bonds. The van der Waals surface area contributed by atoms with Crippen LogP contribution < -0.4 is 15.8 Å². The van der Waals surface area contributed by atoms with Crippen LogP contribution in [-0.2, 0) is 10.0 Å². The smallest absolute Gasteiger partial charge is 0.408 e. The molecule has 1 saturated heterocycles. The molecule has 176 valence electrons. The van der Waals surface area contributed by atoms with E-state index < -0.39 is 38.4 Å². The SMILES string of the molecule is C[C@H](c1ccccc1C1CNC1)n1c(=O)oc2cc(S(=O)(=O)Nc3ccc(F)cn3)c(F)cc21. The van der Waals surface area contributed by atoms with Crippen LogP contribution in [0.3, 0.4) is 0 Å². The zero-order valence-corrected chi connectivity index (χ0v) is 18.8. The van der Waals surface area contributed by atoms with Gasteiger partial charge in [0.25, 0.3) is 10.0 Å². The van der Waals surface area contributed by atoms with Crippen molar-refractivity contribution in [2.24, 2.45) is 0 Å². The van der Waals surface area contributed by atoms with Gasteiger partial charge >= 0.3 is 5.76 Å². The van der Waals surface area contributed by atoms with Crippen molar-refractivity contribution >= 4 is 26.9 Å². The lowest BCUT2D eigenvalue weighted by molar-refractivity contribution is 0.438. The van der Waals surface area contributed by atoms with E-state index in [1.54, 1.807) is 0 Å². The highest BCUT2D eigenvalue weighted by molar-refractivity contribution is 7.92. The molecule has 1 aliphatic heterocycles. The quantitative estimate of drug-likeness (QED) is 0.433. The van der Waals surface area contributed by atoms with Gasteiger partial charge < -0.3 is 9.73 Å². The molecule has 0 radical (unpaired) electrons. The topological polar surface area (TPSA) is 106 Å². The predicted molar refractivity (Wildman–Crippen MR) is 121 cm³/mol. The largest absolute Gasteiger partial charge is 0.420 e. The third-order valence-electron chi connectivity index (χ3n) is 5.98. The molecule has 3 heterocycles. The average Bonchev–Trinajstić information content (AvgIpc) is 3.08. The van der Waals surface area contributed by atoms with Gasteiger partial charge in [0.2, 0.25) is 0 Å². The van der Waals surface area contributed by atoms with Crippen LogP contribution in [0.4, 0.5) is 14.6 Å². The number of nitrogens with zero attached hydrogens (tertiary/aromatic N) is 2. The summed E-state index contributed by atoms with van der Waals surface area (Å²) < 4.78 is 62.3. The molecule has 2 aromatic carbocycles. The molecule has 0 saturated carbocycles. The first kappa shape index (κ1) is 22.2. The molecule has 1 fully saturated rings. The molecule has 2 aromatic heterocycles. The number of pyridine rings is 1. The molecular weight excluding hydrogens is 466 g/mol. The third-order valence-corrected chi connectivity index (χ3v) is 7.35. The summed E-state index contributed by atoms with van der Waals surface area (Å²) in [4.78, 5) is 15.7. The predicted octanol–water partition coefficient (Wildman–Crippen LogP) is 3.36. The van der Waals surface area contributed by atoms with Crippen molar-refractivity contribution in [1.82, 2.24) is 14.9 Å². The number of sulfonamides is 1. The van der Waals surface area contributed by atoms with Crippen molar-refractivity contribution in [2.45, 2.75) is 23.8 Å². The number of benzene rings is 2. The van der Waals surface area contributed by atoms with E-state index in [0.29, 0.717) is 5.92 Å². The molecule has 1 atom stereocenters. The Bertz CT molecular complexity index is 1540. The minimum absolute atomic E-state index is 0.0755. The first-order valence-electron chi connectivity index (χ1n) is 10.5. The van der Waals surface area contributed by atoms with E-state index in [9.17, 15) is 17.6 Å². The van der Waals surface area contributed by atoms with Gasteiger partial charge in [-0.15, -0.1) is 0 Å². The maximum atomic E-state index is 15.0. The Kier molecular flexibility index (Phi) is 5.45. The summed E-state index contributed by atoms with van der Waals surface area (Å²) in [6.45, 7) is 3.47. The maximum Gasteiger partial charge on any atom is 0.420 e. The van der Waals surface area contributed by atoms with E-state index in [2.05, 4.69) is 15.0 Å². The molecule has 0 unspecified atom stereocenters. The van der Waals surface area contributed by atoms with E-state index >= 15 is 4.39 Å². The van der Waals surface area contributed by atoms with Crippen molar-refractivity contribution in [2.75, 3.05) is 17.8 Å². The van der Waals surface area contributed by atoms with Gasteiger partial charge in [-0.1, -0.05) is 24.3 Å². The highest BCUT2D eigenvalue weighted by atomic mass is 32.2. The summed E-state index contributed by atoms with van der Waals surface area (Å²) in [6, 6.07) is 11.3. The minimum Gasteiger partial charge on any atom is -0.408 e. The summed E-state index contributed by atoms with van der Waals surface area (Å²) in [7, 11) is -4.43. The Hall–Kier alpha value is -3.57. The van der Waals surface area contributed by atoms with Crippen LogP contribution in [0, 0.1) is 11.6 Å². The monoisotopic (exact) mass is 486 g/mol. The molecule has 0 bridgehead atoms. The number of oxazole rings is 1. The zero-order valence-electron chi connectivity index (χ0n) is 18.0. The van der Waals surface area contributed by atoms with E-state index in [4.69, 9.17) is 4.42 Å². The Morgan fingerprint density at radius 1 is 1.18 bits per heavy atom. The number of aromatic nitrogens is 2. The highest BCUT2D eigenvalue weighted by Crippen LogP contribution is 2.32. The molecule has 11 heteroatoms. The zero-order chi connectivity index (χ0) is 24.0. The lowest BCUT2D eigenvalue weighted by Gasteiger charge is -2.31. The number of rotatable bonds is 6. The second-order valence-corrected chi connectivity index (χ2v) is 9.77. The van der Waals surface area contributed by atoms with Crippen LogP contribution in [0.15, 0.2) is 68.8 Å². The van der Waals surface area contributed by atoms with Crippen LogP contribution in [0.5, 0.6) is 0 Å². The minimum atomic E-state index is -4.43. The molecule has 4 aromatic rings. The number of halogens is 2. The lowest BCUT2D eigenvalue weighted by atomic mass is 9.87. The third kappa shape index (κ3) is 3.86. The van der Waals surface area contributed by atoms with Crippen LogP contribution in [0.1, 0.15) is 30.0 Å². The van der Waals surface area contributed by atoms with E-state index in [-0.39, 0.29) is 16.9 Å². The fraction of sp³-hybridized carbons (Fsp3) is 0.217. The average molecular weight is 487 g/mol. The van der Waals surface area contributed by atoms with Crippen LogP contribution in [-0.4, -0.2) is 31.1 Å². The highest BCUT2D eigenvalue weighted by Gasteiger charge is 2.28. The van der Waals surface area contributed by atoms with Crippen LogP contribution in [0.25, 0.3) is 11.1 Å². The van der Waals surface area contributed by atoms with Gasteiger partial charge in [-0.3, -0.25) is 9.29 Å². The van der Waals surface area contributed by atoms with Gasteiger partial charge in [-0.05, 0) is 30.2 Å². The summed E-state index contributed by atoms with van der Waals surface area (Å²) in [6.07, 6.45) is 0.829. The Labute approximate surface area is 193 Å². The number of hydrogen-bond acceptors (Lipinski definition) is 6. The number of hydrogen-bond donors (Lipinski definition) is 2. The first-order valence-corrected chi connectivity index (χ1v) is 12.0. The number of nitrogens with one attached hydrogen (secondary N) is 2. The fourth-order valence-electron chi connectivity index (χ4n) is 4.15. The van der Waals surface area contributed by atoms with Gasteiger partial charge in [-0.2, -0.15) is 0 Å². The van der Waals surface area contributed by atoms with E-state index in [1.807, 2.05) is 31.2 Å². The summed E-state index contributed by atoms with van der Waals surface area (Å²) in [5, 5.41) is 3.23. The molecule has 1 aliphatic rings. The molecule has 0 spiro atoms. The van der Waals surface area contributed by atoms with Gasteiger partial charge in [0, 0.05) is 31.1 Å².